The number of hydrogen-bond acceptors (Lipinski definition) is 3. The summed E-state index contributed by atoms with van der Waals surface area (Å²) >= 11 is 1.82. The van der Waals surface area contributed by atoms with E-state index in [0.29, 0.717) is 5.92 Å². The van der Waals surface area contributed by atoms with Crippen LogP contribution in [0.3, 0.4) is 0 Å². The molecule has 0 spiro atoms. The lowest BCUT2D eigenvalue weighted by molar-refractivity contribution is 0.0625. The van der Waals surface area contributed by atoms with Crippen LogP contribution in [0.25, 0.3) is 0 Å². The molecule has 6 heteroatoms. The molecule has 0 aliphatic carbocycles. The van der Waals surface area contributed by atoms with Crippen molar-refractivity contribution in [3.8, 4) is 0 Å². The minimum Gasteiger partial charge on any atom is -0.381 e. The summed E-state index contributed by atoms with van der Waals surface area (Å²) in [6.07, 6.45) is 3.63. The Morgan fingerprint density at radius 2 is 2.22 bits per heavy atom. The van der Waals surface area contributed by atoms with Gasteiger partial charge in [0.1, 0.15) is 0 Å². The van der Waals surface area contributed by atoms with E-state index in [1.54, 1.807) is 0 Å². The minimum atomic E-state index is 0. The highest BCUT2D eigenvalue weighted by Gasteiger charge is 2.16. The normalized spacial score (nSPS) is 17.4. The molecule has 1 aliphatic heterocycles. The molecule has 0 bridgehead atoms. The van der Waals surface area contributed by atoms with E-state index in [0.717, 1.165) is 38.2 Å². The van der Waals surface area contributed by atoms with Crippen LogP contribution in [0.2, 0.25) is 0 Å². The van der Waals surface area contributed by atoms with E-state index >= 15 is 0 Å². The van der Waals surface area contributed by atoms with Crippen molar-refractivity contribution in [1.29, 1.82) is 0 Å². The fourth-order valence-electron chi connectivity index (χ4n) is 2.82. The fraction of sp³-hybridized carbons (Fsp3) is 0.706. The van der Waals surface area contributed by atoms with Crippen LogP contribution in [0.4, 0.5) is 0 Å². The third kappa shape index (κ3) is 6.97. The molecule has 0 aromatic carbocycles. The minimum absolute atomic E-state index is 0. The average molecular weight is 451 g/mol. The second-order valence-electron chi connectivity index (χ2n) is 6.11. The lowest BCUT2D eigenvalue weighted by Crippen LogP contribution is -2.41. The predicted octanol–water partition coefficient (Wildman–Crippen LogP) is 3.79. The third-order valence-corrected chi connectivity index (χ3v) is 5.49. The van der Waals surface area contributed by atoms with Crippen LogP contribution >= 0.6 is 35.3 Å². The zero-order chi connectivity index (χ0) is 15.8. The summed E-state index contributed by atoms with van der Waals surface area (Å²) in [5.74, 6) is 2.32. The Kier molecular flexibility index (Phi) is 10.1. The second kappa shape index (κ2) is 11.3. The molecule has 1 atom stereocenters. The van der Waals surface area contributed by atoms with Gasteiger partial charge in [-0.2, -0.15) is 0 Å². The summed E-state index contributed by atoms with van der Waals surface area (Å²) in [6, 6.07) is 4.32. The SMILES string of the molecule is CN=C(NCC(C)c1cccs1)N(C)CCC1CCOCC1.I. The van der Waals surface area contributed by atoms with Gasteiger partial charge >= 0.3 is 0 Å². The number of nitrogens with one attached hydrogen (secondary N) is 1. The van der Waals surface area contributed by atoms with Gasteiger partial charge in [0.05, 0.1) is 0 Å². The number of halogens is 1. The van der Waals surface area contributed by atoms with Gasteiger partial charge < -0.3 is 15.0 Å². The molecular formula is C17H30IN3OS. The van der Waals surface area contributed by atoms with Crippen molar-refractivity contribution < 1.29 is 4.74 Å². The lowest BCUT2D eigenvalue weighted by atomic mass is 9.96. The average Bonchev–Trinajstić information content (AvgIpc) is 3.09. The summed E-state index contributed by atoms with van der Waals surface area (Å²) < 4.78 is 5.43. The van der Waals surface area contributed by atoms with Crippen molar-refractivity contribution in [2.45, 2.75) is 32.1 Å². The van der Waals surface area contributed by atoms with Gasteiger partial charge in [-0.1, -0.05) is 13.0 Å². The number of ether oxygens (including phenoxy) is 1. The van der Waals surface area contributed by atoms with Crippen LogP contribution < -0.4 is 5.32 Å². The maximum Gasteiger partial charge on any atom is 0.193 e. The number of hydrogen-bond donors (Lipinski definition) is 1. The summed E-state index contributed by atoms with van der Waals surface area (Å²) in [5.41, 5.74) is 0. The zero-order valence-corrected chi connectivity index (χ0v) is 17.6. The number of thiophene rings is 1. The molecule has 0 saturated carbocycles. The summed E-state index contributed by atoms with van der Waals surface area (Å²) in [6.45, 7) is 6.10. The highest BCUT2D eigenvalue weighted by atomic mass is 127. The van der Waals surface area contributed by atoms with Crippen molar-refractivity contribution in [2.24, 2.45) is 10.9 Å². The Bertz CT molecular complexity index is 447. The zero-order valence-electron chi connectivity index (χ0n) is 14.5. The maximum absolute atomic E-state index is 5.43. The Balaban J connectivity index is 0.00000264. The van der Waals surface area contributed by atoms with Crippen LogP contribution in [-0.2, 0) is 4.74 Å². The standard InChI is InChI=1S/C17H29N3OS.HI/c1-14(16-5-4-12-22-16)13-19-17(18-2)20(3)9-6-15-7-10-21-11-8-15;/h4-5,12,14-15H,6-11,13H2,1-3H3,(H,18,19);1H. The molecule has 1 fully saturated rings. The van der Waals surface area contributed by atoms with Gasteiger partial charge in [0, 0.05) is 51.2 Å². The van der Waals surface area contributed by atoms with Crippen molar-refractivity contribution in [1.82, 2.24) is 10.2 Å². The molecule has 23 heavy (non-hydrogen) atoms. The van der Waals surface area contributed by atoms with Gasteiger partial charge in [-0.3, -0.25) is 4.99 Å². The Hall–Kier alpha value is -0.340. The number of nitrogens with zero attached hydrogens (tertiary/aromatic N) is 2. The smallest absolute Gasteiger partial charge is 0.193 e. The van der Waals surface area contributed by atoms with E-state index in [9.17, 15) is 0 Å². The highest BCUT2D eigenvalue weighted by molar-refractivity contribution is 14.0. The third-order valence-electron chi connectivity index (χ3n) is 4.38. The van der Waals surface area contributed by atoms with Crippen LogP contribution in [0.5, 0.6) is 0 Å². The first-order chi connectivity index (χ1) is 10.7. The second-order valence-corrected chi connectivity index (χ2v) is 7.09. The molecule has 2 rings (SSSR count). The van der Waals surface area contributed by atoms with Crippen LogP contribution in [-0.4, -0.2) is 51.3 Å². The summed E-state index contributed by atoms with van der Waals surface area (Å²) in [4.78, 5) is 8.09. The van der Waals surface area contributed by atoms with Gasteiger partial charge in [0.25, 0.3) is 0 Å². The van der Waals surface area contributed by atoms with Gasteiger partial charge in [0.2, 0.25) is 0 Å². The summed E-state index contributed by atoms with van der Waals surface area (Å²) in [5, 5.41) is 5.64. The van der Waals surface area contributed by atoms with Crippen LogP contribution in [0, 0.1) is 5.92 Å². The molecule has 1 aliphatic rings. The van der Waals surface area contributed by atoms with E-state index in [2.05, 4.69) is 46.7 Å². The van der Waals surface area contributed by atoms with E-state index in [1.165, 1.54) is 24.1 Å². The van der Waals surface area contributed by atoms with Gasteiger partial charge in [0.15, 0.2) is 5.96 Å². The Morgan fingerprint density at radius 3 is 2.83 bits per heavy atom. The molecule has 2 heterocycles. The fourth-order valence-corrected chi connectivity index (χ4v) is 3.61. The first-order valence-corrected chi connectivity index (χ1v) is 9.11. The molecule has 0 amide bonds. The maximum atomic E-state index is 5.43. The van der Waals surface area contributed by atoms with E-state index in [4.69, 9.17) is 4.74 Å². The number of guanidine groups is 1. The lowest BCUT2D eigenvalue weighted by Gasteiger charge is -2.27. The monoisotopic (exact) mass is 451 g/mol. The van der Waals surface area contributed by atoms with Crippen molar-refractivity contribution in [2.75, 3.05) is 40.4 Å². The Morgan fingerprint density at radius 1 is 1.48 bits per heavy atom. The van der Waals surface area contributed by atoms with Crippen LogP contribution in [0.15, 0.2) is 22.5 Å². The molecule has 132 valence electrons. The van der Waals surface area contributed by atoms with Crippen LogP contribution in [0.1, 0.15) is 37.0 Å². The first-order valence-electron chi connectivity index (χ1n) is 8.23. The Labute approximate surface area is 161 Å². The molecule has 4 nitrogen and oxygen atoms in total. The predicted molar refractivity (Wildman–Crippen MR) is 110 cm³/mol. The van der Waals surface area contributed by atoms with Crippen molar-refractivity contribution in [3.63, 3.8) is 0 Å². The number of aliphatic imine (C=N–C) groups is 1. The molecule has 1 aromatic rings. The molecule has 0 radical (unpaired) electrons. The first kappa shape index (κ1) is 20.7. The largest absolute Gasteiger partial charge is 0.381 e. The quantitative estimate of drug-likeness (QED) is 0.406. The number of rotatable bonds is 6. The molecule has 1 saturated heterocycles. The topological polar surface area (TPSA) is 36.9 Å². The van der Waals surface area contributed by atoms with Gasteiger partial charge in [-0.25, -0.2) is 0 Å². The van der Waals surface area contributed by atoms with Gasteiger partial charge in [-0.15, -0.1) is 35.3 Å². The van der Waals surface area contributed by atoms with Crippen molar-refractivity contribution in [3.05, 3.63) is 22.4 Å². The molecule has 1 aromatic heterocycles. The molecular weight excluding hydrogens is 421 g/mol. The van der Waals surface area contributed by atoms with E-state index in [1.807, 2.05) is 18.4 Å². The summed E-state index contributed by atoms with van der Waals surface area (Å²) in [7, 11) is 3.99. The van der Waals surface area contributed by atoms with E-state index in [-0.39, 0.29) is 24.0 Å². The molecule has 1 unspecified atom stereocenters. The van der Waals surface area contributed by atoms with Gasteiger partial charge in [-0.05, 0) is 36.6 Å². The highest BCUT2D eigenvalue weighted by Crippen LogP contribution is 2.20. The van der Waals surface area contributed by atoms with Crippen molar-refractivity contribution >= 4 is 41.3 Å². The molecule has 1 N–H and O–H groups in total. The van der Waals surface area contributed by atoms with E-state index < -0.39 is 0 Å².